The molecule has 0 aromatic heterocycles. The average Bonchev–Trinajstić information content (AvgIpc) is 2.70. The Morgan fingerprint density at radius 2 is 1.70 bits per heavy atom. The van der Waals surface area contributed by atoms with E-state index in [2.05, 4.69) is 0 Å². The van der Waals surface area contributed by atoms with Crippen molar-refractivity contribution in [2.45, 2.75) is 20.3 Å². The van der Waals surface area contributed by atoms with Gasteiger partial charge in [0.05, 0.1) is 7.11 Å². The van der Waals surface area contributed by atoms with Crippen molar-refractivity contribution in [3.8, 4) is 11.5 Å². The maximum absolute atomic E-state index is 12.1. The van der Waals surface area contributed by atoms with E-state index in [1.54, 1.807) is 18.2 Å². The van der Waals surface area contributed by atoms with Gasteiger partial charge in [0, 0.05) is 5.56 Å². The first kappa shape index (κ1) is 22.4. The number of carbonyl (C=O) groups is 3. The van der Waals surface area contributed by atoms with Crippen LogP contribution in [0.2, 0.25) is 0 Å². The lowest BCUT2D eigenvalue weighted by Gasteiger charge is -2.17. The fourth-order valence-corrected chi connectivity index (χ4v) is 2.73. The number of rotatable bonds is 7. The third-order valence-corrected chi connectivity index (χ3v) is 4.15. The Balaban J connectivity index is 2.74. The van der Waals surface area contributed by atoms with E-state index in [4.69, 9.17) is 14.6 Å². The van der Waals surface area contributed by atoms with E-state index in [0.29, 0.717) is 0 Å². The molecule has 156 valence electrons. The minimum atomic E-state index is -1.83. The van der Waals surface area contributed by atoms with E-state index in [0.717, 1.165) is 11.1 Å². The number of hydrogen-bond acceptors (Lipinski definition) is 5. The Kier molecular flexibility index (Phi) is 7.52. The number of carboxylic acids is 2. The summed E-state index contributed by atoms with van der Waals surface area (Å²) in [5.74, 6) is -4.85. The maximum Gasteiger partial charge on any atom is 0.422 e. The average molecular weight is 410 g/mol. The minimum Gasteiger partial charge on any atom is -0.496 e. The molecule has 0 radical (unpaired) electrons. The summed E-state index contributed by atoms with van der Waals surface area (Å²) in [5, 5.41) is 18.8. The zero-order valence-electron chi connectivity index (χ0n) is 16.8. The number of methoxy groups -OCH3 is 1. The van der Waals surface area contributed by atoms with Crippen LogP contribution in [-0.4, -0.2) is 35.2 Å². The summed E-state index contributed by atoms with van der Waals surface area (Å²) in [6, 6.07) is 10.7. The van der Waals surface area contributed by atoms with Gasteiger partial charge < -0.3 is 19.7 Å². The molecule has 30 heavy (non-hydrogen) atoms. The topological polar surface area (TPSA) is 110 Å². The van der Waals surface area contributed by atoms with Crippen LogP contribution in [0.25, 0.3) is 12.2 Å². The molecule has 0 unspecified atom stereocenters. The third-order valence-electron chi connectivity index (χ3n) is 4.15. The van der Waals surface area contributed by atoms with Crippen LogP contribution < -0.4 is 9.47 Å². The number of esters is 1. The Labute approximate surface area is 173 Å². The van der Waals surface area contributed by atoms with E-state index in [9.17, 15) is 19.5 Å². The highest BCUT2D eigenvalue weighted by Gasteiger charge is 2.27. The van der Waals surface area contributed by atoms with Crippen molar-refractivity contribution in [1.82, 2.24) is 0 Å². The minimum absolute atomic E-state index is 0.191. The van der Waals surface area contributed by atoms with Crippen LogP contribution in [0.4, 0.5) is 0 Å². The standard InChI is InChI=1S/C23H22O7/c1-14(2)9-12-17-18(29-3)13-16(11-10-15-7-5-4-6-8-15)19(21(24)25)20(17)30-23(28)22(26)27/h4-11,13H,12H2,1-3H3,(H,24,25)(H,26,27)/b11-10+. The van der Waals surface area contributed by atoms with Crippen LogP contribution in [-0.2, 0) is 16.0 Å². The van der Waals surface area contributed by atoms with Crippen LogP contribution in [0.3, 0.4) is 0 Å². The van der Waals surface area contributed by atoms with E-state index < -0.39 is 17.9 Å². The first-order chi connectivity index (χ1) is 14.2. The largest absolute Gasteiger partial charge is 0.496 e. The normalized spacial score (nSPS) is 10.5. The predicted octanol–water partition coefficient (Wildman–Crippen LogP) is 4.06. The maximum atomic E-state index is 12.1. The van der Waals surface area contributed by atoms with E-state index in [1.165, 1.54) is 13.2 Å². The van der Waals surface area contributed by atoms with Gasteiger partial charge in [-0.2, -0.15) is 0 Å². The second-order valence-corrected chi connectivity index (χ2v) is 6.58. The zero-order chi connectivity index (χ0) is 22.3. The van der Waals surface area contributed by atoms with Gasteiger partial charge in [-0.1, -0.05) is 54.1 Å². The molecule has 0 saturated heterocycles. The summed E-state index contributed by atoms with van der Waals surface area (Å²) in [7, 11) is 1.40. The molecule has 0 fully saturated rings. The molecular formula is C23H22O7. The Bertz CT molecular complexity index is 1010. The summed E-state index contributed by atoms with van der Waals surface area (Å²) in [4.78, 5) is 34.9. The van der Waals surface area contributed by atoms with Gasteiger partial charge in [0.15, 0.2) is 5.75 Å². The zero-order valence-corrected chi connectivity index (χ0v) is 16.8. The highest BCUT2D eigenvalue weighted by Crippen LogP contribution is 2.37. The molecule has 0 spiro atoms. The Morgan fingerprint density at radius 3 is 2.23 bits per heavy atom. The molecule has 0 aliphatic heterocycles. The second-order valence-electron chi connectivity index (χ2n) is 6.58. The molecule has 0 heterocycles. The molecule has 0 aliphatic rings. The van der Waals surface area contributed by atoms with Crippen molar-refractivity contribution in [3.63, 3.8) is 0 Å². The van der Waals surface area contributed by atoms with Gasteiger partial charge in [0.25, 0.3) is 0 Å². The molecule has 7 heteroatoms. The molecular weight excluding hydrogens is 388 g/mol. The number of hydrogen-bond donors (Lipinski definition) is 2. The summed E-state index contributed by atoms with van der Waals surface area (Å²) in [5.41, 5.74) is 1.91. The fraction of sp³-hybridized carbons (Fsp3) is 0.174. The lowest BCUT2D eigenvalue weighted by atomic mass is 9.97. The Hall–Kier alpha value is -3.87. The van der Waals surface area contributed by atoms with Crippen molar-refractivity contribution in [3.05, 3.63) is 70.3 Å². The smallest absolute Gasteiger partial charge is 0.422 e. The van der Waals surface area contributed by atoms with Gasteiger partial charge in [0.2, 0.25) is 0 Å². The van der Waals surface area contributed by atoms with Crippen LogP contribution in [0.15, 0.2) is 48.0 Å². The molecule has 7 nitrogen and oxygen atoms in total. The molecule has 0 saturated carbocycles. The highest BCUT2D eigenvalue weighted by atomic mass is 16.6. The summed E-state index contributed by atoms with van der Waals surface area (Å²) in [6.45, 7) is 3.70. The van der Waals surface area contributed by atoms with Crippen molar-refractivity contribution in [1.29, 1.82) is 0 Å². The van der Waals surface area contributed by atoms with Crippen LogP contribution in [0.1, 0.15) is 40.9 Å². The van der Waals surface area contributed by atoms with Crippen molar-refractivity contribution < 1.29 is 34.1 Å². The van der Waals surface area contributed by atoms with E-state index in [-0.39, 0.29) is 34.6 Å². The first-order valence-electron chi connectivity index (χ1n) is 9.03. The number of carbonyl (C=O) groups excluding carboxylic acids is 1. The van der Waals surface area contributed by atoms with Crippen molar-refractivity contribution >= 4 is 30.1 Å². The van der Waals surface area contributed by atoms with E-state index in [1.807, 2.05) is 44.2 Å². The monoisotopic (exact) mass is 410 g/mol. The number of aromatic carboxylic acids is 1. The lowest BCUT2D eigenvalue weighted by Crippen LogP contribution is -2.22. The third kappa shape index (κ3) is 5.57. The Morgan fingerprint density at radius 1 is 1.03 bits per heavy atom. The molecule has 2 aromatic rings. The first-order valence-corrected chi connectivity index (χ1v) is 9.03. The predicted molar refractivity (Wildman–Crippen MR) is 112 cm³/mol. The van der Waals surface area contributed by atoms with Gasteiger partial charge in [0.1, 0.15) is 11.3 Å². The SMILES string of the molecule is COc1cc(/C=C/c2ccccc2)c(C(=O)O)c(OC(=O)C(=O)O)c1CC=C(C)C. The van der Waals surface area contributed by atoms with Gasteiger partial charge in [-0.3, -0.25) is 0 Å². The molecule has 2 rings (SSSR count). The number of allylic oxidation sites excluding steroid dienone is 2. The molecule has 0 atom stereocenters. The molecule has 0 aliphatic carbocycles. The second kappa shape index (κ2) is 10.1. The van der Waals surface area contributed by atoms with Crippen molar-refractivity contribution in [2.75, 3.05) is 7.11 Å². The highest BCUT2D eigenvalue weighted by molar-refractivity contribution is 6.29. The number of benzene rings is 2. The summed E-state index contributed by atoms with van der Waals surface area (Å²) < 4.78 is 10.4. The quantitative estimate of drug-likeness (QED) is 0.233. The number of ether oxygens (including phenoxy) is 2. The summed E-state index contributed by atoms with van der Waals surface area (Å²) >= 11 is 0. The number of carboxylic acid groups (broad SMARTS) is 2. The van der Waals surface area contributed by atoms with Gasteiger partial charge in [-0.25, -0.2) is 14.4 Å². The summed E-state index contributed by atoms with van der Waals surface area (Å²) in [6.07, 6.45) is 5.22. The van der Waals surface area contributed by atoms with Crippen molar-refractivity contribution in [2.24, 2.45) is 0 Å². The van der Waals surface area contributed by atoms with Crippen LogP contribution >= 0.6 is 0 Å². The lowest BCUT2D eigenvalue weighted by molar-refractivity contribution is -0.158. The van der Waals surface area contributed by atoms with E-state index >= 15 is 0 Å². The molecule has 2 N–H and O–H groups in total. The molecule has 0 amide bonds. The van der Waals surface area contributed by atoms with Gasteiger partial charge >= 0.3 is 17.9 Å². The molecule has 2 aromatic carbocycles. The number of aliphatic carboxylic acids is 1. The molecule has 0 bridgehead atoms. The van der Waals surface area contributed by atoms with Crippen LogP contribution in [0.5, 0.6) is 11.5 Å². The fourth-order valence-electron chi connectivity index (χ4n) is 2.73. The van der Waals surface area contributed by atoms with Gasteiger partial charge in [-0.15, -0.1) is 0 Å². The van der Waals surface area contributed by atoms with Gasteiger partial charge in [-0.05, 0) is 37.5 Å². The van der Waals surface area contributed by atoms with Crippen LogP contribution in [0, 0.1) is 0 Å².